The zero-order valence-corrected chi connectivity index (χ0v) is 14.6. The standard InChI is InChI=1S/C16H19N5O3S/c1-2-24-16(23)21-7-5-20(6-8-21)15(25)19-11-3-4-13-12(9-11)14(22)18-10-17-13/h3-4,9-10H,2,5-8H2,1H3,(H,19,25)(H,17,18,22). The van der Waals surface area contributed by atoms with Crippen molar-refractivity contribution in [2.75, 3.05) is 38.1 Å². The summed E-state index contributed by atoms with van der Waals surface area (Å²) in [6.45, 7) is 4.52. The molecule has 2 aromatic rings. The van der Waals surface area contributed by atoms with Crippen molar-refractivity contribution in [3.05, 3.63) is 34.9 Å². The Kier molecular flexibility index (Phi) is 5.13. The fraction of sp³-hybridized carbons (Fsp3) is 0.375. The van der Waals surface area contributed by atoms with Gasteiger partial charge in [-0.05, 0) is 37.3 Å². The minimum atomic E-state index is -0.290. The van der Waals surface area contributed by atoms with E-state index in [1.807, 2.05) is 11.0 Å². The molecule has 25 heavy (non-hydrogen) atoms. The largest absolute Gasteiger partial charge is 0.450 e. The molecule has 8 nitrogen and oxygen atoms in total. The lowest BCUT2D eigenvalue weighted by molar-refractivity contribution is 0.0923. The van der Waals surface area contributed by atoms with E-state index in [0.717, 1.165) is 5.69 Å². The van der Waals surface area contributed by atoms with Gasteiger partial charge in [0.2, 0.25) is 0 Å². The van der Waals surface area contributed by atoms with Crippen LogP contribution in [0.2, 0.25) is 0 Å². The van der Waals surface area contributed by atoms with Crippen LogP contribution in [-0.4, -0.2) is 63.8 Å². The first-order valence-corrected chi connectivity index (χ1v) is 8.44. The predicted molar refractivity (Wildman–Crippen MR) is 98.8 cm³/mol. The number of nitrogens with one attached hydrogen (secondary N) is 2. The zero-order chi connectivity index (χ0) is 17.8. The number of carbonyl (C=O) groups is 1. The maximum Gasteiger partial charge on any atom is 0.409 e. The number of hydrogen-bond acceptors (Lipinski definition) is 5. The second-order valence-electron chi connectivity index (χ2n) is 5.57. The third-order valence-electron chi connectivity index (χ3n) is 3.98. The van der Waals surface area contributed by atoms with Gasteiger partial charge in [0, 0.05) is 31.9 Å². The number of aromatic nitrogens is 2. The van der Waals surface area contributed by atoms with Crippen LogP contribution in [0.1, 0.15) is 6.92 Å². The molecule has 0 radical (unpaired) electrons. The Balaban J connectivity index is 1.62. The predicted octanol–water partition coefficient (Wildman–Crippen LogP) is 1.39. The van der Waals surface area contributed by atoms with Gasteiger partial charge in [0.05, 0.1) is 23.8 Å². The summed E-state index contributed by atoms with van der Waals surface area (Å²) in [5.41, 5.74) is 1.16. The number of aromatic amines is 1. The molecule has 1 aromatic heterocycles. The molecule has 0 spiro atoms. The van der Waals surface area contributed by atoms with E-state index in [0.29, 0.717) is 48.8 Å². The van der Waals surface area contributed by atoms with Gasteiger partial charge in [0.1, 0.15) is 0 Å². The summed E-state index contributed by atoms with van der Waals surface area (Å²) >= 11 is 5.45. The number of carbonyl (C=O) groups excluding carboxylic acids is 1. The normalized spacial score (nSPS) is 14.4. The second kappa shape index (κ2) is 7.47. The van der Waals surface area contributed by atoms with E-state index in [9.17, 15) is 9.59 Å². The molecule has 9 heteroatoms. The SMILES string of the molecule is CCOC(=O)N1CCN(C(=S)Nc2ccc3nc[nH]c(=O)c3c2)CC1. The summed E-state index contributed by atoms with van der Waals surface area (Å²) in [4.78, 5) is 33.9. The van der Waals surface area contributed by atoms with Crippen molar-refractivity contribution in [3.8, 4) is 0 Å². The molecule has 1 saturated heterocycles. The van der Waals surface area contributed by atoms with E-state index in [1.165, 1.54) is 6.33 Å². The van der Waals surface area contributed by atoms with Gasteiger partial charge in [-0.1, -0.05) is 0 Å². The van der Waals surface area contributed by atoms with Gasteiger partial charge >= 0.3 is 6.09 Å². The number of H-pyrrole nitrogens is 1. The van der Waals surface area contributed by atoms with Crippen molar-refractivity contribution in [2.45, 2.75) is 6.92 Å². The van der Waals surface area contributed by atoms with Crippen LogP contribution in [0.25, 0.3) is 10.9 Å². The third-order valence-corrected chi connectivity index (χ3v) is 4.34. The van der Waals surface area contributed by atoms with Crippen LogP contribution in [0.15, 0.2) is 29.3 Å². The molecule has 0 bridgehead atoms. The van der Waals surface area contributed by atoms with Gasteiger partial charge < -0.3 is 24.8 Å². The molecule has 1 aromatic carbocycles. The van der Waals surface area contributed by atoms with Crippen molar-refractivity contribution in [1.82, 2.24) is 19.8 Å². The highest BCUT2D eigenvalue weighted by Gasteiger charge is 2.23. The molecule has 1 fully saturated rings. The molecule has 0 saturated carbocycles. The number of hydrogen-bond donors (Lipinski definition) is 2. The number of thiocarbonyl (C=S) groups is 1. The first-order chi connectivity index (χ1) is 12.1. The molecule has 2 N–H and O–H groups in total. The lowest BCUT2D eigenvalue weighted by Crippen LogP contribution is -2.51. The van der Waals surface area contributed by atoms with Crippen LogP contribution in [0.5, 0.6) is 0 Å². The zero-order valence-electron chi connectivity index (χ0n) is 13.8. The Labute approximate surface area is 149 Å². The Morgan fingerprint density at radius 2 is 2.04 bits per heavy atom. The molecule has 1 aliphatic heterocycles. The van der Waals surface area contributed by atoms with Crippen LogP contribution in [0.3, 0.4) is 0 Å². The topological polar surface area (TPSA) is 90.6 Å². The third kappa shape index (κ3) is 3.87. The first-order valence-electron chi connectivity index (χ1n) is 8.03. The molecule has 0 unspecified atom stereocenters. The summed E-state index contributed by atoms with van der Waals surface area (Å²) in [7, 11) is 0. The van der Waals surface area contributed by atoms with E-state index in [2.05, 4.69) is 15.3 Å². The Morgan fingerprint density at radius 3 is 2.76 bits per heavy atom. The van der Waals surface area contributed by atoms with Gasteiger partial charge in [-0.3, -0.25) is 4.79 Å². The summed E-state index contributed by atoms with van der Waals surface area (Å²) in [5, 5.41) is 4.20. The molecule has 1 amide bonds. The first kappa shape index (κ1) is 17.2. The molecule has 2 heterocycles. The number of nitrogens with zero attached hydrogens (tertiary/aromatic N) is 3. The molecule has 1 aliphatic rings. The maximum atomic E-state index is 11.9. The van der Waals surface area contributed by atoms with Crippen molar-refractivity contribution in [1.29, 1.82) is 0 Å². The fourth-order valence-electron chi connectivity index (χ4n) is 2.66. The Bertz CT molecular complexity index is 845. The number of rotatable bonds is 2. The molecular formula is C16H19N5O3S. The van der Waals surface area contributed by atoms with Crippen molar-refractivity contribution >= 4 is 40.0 Å². The average molecular weight is 361 g/mol. The van der Waals surface area contributed by atoms with E-state index in [-0.39, 0.29) is 11.7 Å². The highest BCUT2D eigenvalue weighted by atomic mass is 32.1. The van der Waals surface area contributed by atoms with Gasteiger partial charge in [0.25, 0.3) is 5.56 Å². The van der Waals surface area contributed by atoms with Crippen molar-refractivity contribution < 1.29 is 9.53 Å². The average Bonchev–Trinajstić information content (AvgIpc) is 2.63. The molecule has 0 aliphatic carbocycles. The number of benzene rings is 1. The summed E-state index contributed by atoms with van der Waals surface area (Å²) < 4.78 is 5.01. The van der Waals surface area contributed by atoms with Crippen molar-refractivity contribution in [2.24, 2.45) is 0 Å². The minimum Gasteiger partial charge on any atom is -0.450 e. The summed E-state index contributed by atoms with van der Waals surface area (Å²) in [5.74, 6) is 0. The molecule has 132 valence electrons. The van der Waals surface area contributed by atoms with Crippen LogP contribution in [0, 0.1) is 0 Å². The fourth-order valence-corrected chi connectivity index (χ4v) is 2.96. The number of amides is 1. The highest BCUT2D eigenvalue weighted by Crippen LogP contribution is 2.15. The maximum absolute atomic E-state index is 11.9. The summed E-state index contributed by atoms with van der Waals surface area (Å²) in [6.07, 6.45) is 1.09. The minimum absolute atomic E-state index is 0.192. The van der Waals surface area contributed by atoms with Gasteiger partial charge in [-0.2, -0.15) is 0 Å². The number of ether oxygens (including phenoxy) is 1. The van der Waals surface area contributed by atoms with Gasteiger partial charge in [0.15, 0.2) is 5.11 Å². The van der Waals surface area contributed by atoms with Crippen LogP contribution in [-0.2, 0) is 4.74 Å². The van der Waals surface area contributed by atoms with E-state index in [4.69, 9.17) is 17.0 Å². The van der Waals surface area contributed by atoms with Crippen LogP contribution >= 0.6 is 12.2 Å². The number of fused-ring (bicyclic) bond motifs is 1. The molecular weight excluding hydrogens is 342 g/mol. The van der Waals surface area contributed by atoms with Gasteiger partial charge in [-0.25, -0.2) is 9.78 Å². The van der Waals surface area contributed by atoms with E-state index >= 15 is 0 Å². The van der Waals surface area contributed by atoms with Gasteiger partial charge in [-0.15, -0.1) is 0 Å². The monoisotopic (exact) mass is 361 g/mol. The van der Waals surface area contributed by atoms with E-state index in [1.54, 1.807) is 24.0 Å². The van der Waals surface area contributed by atoms with Crippen LogP contribution < -0.4 is 10.9 Å². The quantitative estimate of drug-likeness (QED) is 0.781. The smallest absolute Gasteiger partial charge is 0.409 e. The van der Waals surface area contributed by atoms with Crippen LogP contribution in [0.4, 0.5) is 10.5 Å². The second-order valence-corrected chi connectivity index (χ2v) is 5.95. The number of piperazine rings is 1. The lowest BCUT2D eigenvalue weighted by atomic mass is 10.2. The van der Waals surface area contributed by atoms with E-state index < -0.39 is 0 Å². The highest BCUT2D eigenvalue weighted by molar-refractivity contribution is 7.80. The number of anilines is 1. The van der Waals surface area contributed by atoms with Crippen molar-refractivity contribution in [3.63, 3.8) is 0 Å². The molecule has 3 rings (SSSR count). The Morgan fingerprint density at radius 1 is 1.32 bits per heavy atom. The molecule has 0 atom stereocenters. The lowest BCUT2D eigenvalue weighted by Gasteiger charge is -2.35. The Hall–Kier alpha value is -2.68. The summed E-state index contributed by atoms with van der Waals surface area (Å²) in [6, 6.07) is 5.33.